The second kappa shape index (κ2) is 7.39. The summed E-state index contributed by atoms with van der Waals surface area (Å²) in [7, 11) is 0. The standard InChI is InChI=1S/C18H15N5O3/c1-13(14-5-7-16(8-6-14)22-10-9-19-12-22)20-21-18(24)15-3-2-4-17(11-15)23(25)26/h2-12H,1H3,(H,21,24)/b20-13-. The number of nitro groups is 1. The maximum Gasteiger partial charge on any atom is 0.271 e. The summed E-state index contributed by atoms with van der Waals surface area (Å²) in [5.74, 6) is -0.511. The maximum absolute atomic E-state index is 12.1. The molecular weight excluding hydrogens is 334 g/mol. The third-order valence-electron chi connectivity index (χ3n) is 3.73. The van der Waals surface area contributed by atoms with Crippen LogP contribution in [0.3, 0.4) is 0 Å². The summed E-state index contributed by atoms with van der Waals surface area (Å²) in [4.78, 5) is 26.3. The second-order valence-corrected chi connectivity index (χ2v) is 5.46. The lowest BCUT2D eigenvalue weighted by Gasteiger charge is -2.05. The first-order valence-electron chi connectivity index (χ1n) is 7.72. The Labute approximate surface area is 149 Å². The van der Waals surface area contributed by atoms with E-state index >= 15 is 0 Å². The smallest absolute Gasteiger partial charge is 0.271 e. The third-order valence-corrected chi connectivity index (χ3v) is 3.73. The average molecular weight is 349 g/mol. The number of nitrogens with zero attached hydrogens (tertiary/aromatic N) is 4. The van der Waals surface area contributed by atoms with E-state index in [1.54, 1.807) is 19.4 Å². The van der Waals surface area contributed by atoms with E-state index < -0.39 is 10.8 Å². The molecule has 0 aliphatic carbocycles. The molecule has 1 heterocycles. The van der Waals surface area contributed by atoms with Crippen molar-refractivity contribution in [2.45, 2.75) is 6.92 Å². The Hall–Kier alpha value is -3.81. The Morgan fingerprint density at radius 3 is 2.62 bits per heavy atom. The lowest BCUT2D eigenvalue weighted by Crippen LogP contribution is -2.19. The van der Waals surface area contributed by atoms with Crippen LogP contribution in [0.4, 0.5) is 5.69 Å². The largest absolute Gasteiger partial charge is 0.306 e. The van der Waals surface area contributed by atoms with Crippen LogP contribution < -0.4 is 5.43 Å². The molecule has 0 unspecified atom stereocenters. The summed E-state index contributed by atoms with van der Waals surface area (Å²) in [6.07, 6.45) is 5.24. The first kappa shape index (κ1) is 17.0. The SMILES string of the molecule is C/C(=N/NC(=O)c1cccc([N+](=O)[O-])c1)c1ccc(-n2ccnc2)cc1. The summed E-state index contributed by atoms with van der Waals surface area (Å²) in [6, 6.07) is 13.1. The molecule has 0 aliphatic rings. The molecule has 0 spiro atoms. The van der Waals surface area contributed by atoms with Crippen LogP contribution in [0.1, 0.15) is 22.8 Å². The molecule has 130 valence electrons. The van der Waals surface area contributed by atoms with Crippen LogP contribution in [0.15, 0.2) is 72.4 Å². The monoisotopic (exact) mass is 349 g/mol. The Kier molecular flexibility index (Phi) is 4.84. The van der Waals surface area contributed by atoms with Crippen molar-refractivity contribution in [1.29, 1.82) is 0 Å². The number of nitro benzene ring substituents is 1. The molecule has 0 bridgehead atoms. The number of rotatable bonds is 5. The first-order valence-corrected chi connectivity index (χ1v) is 7.72. The third kappa shape index (κ3) is 3.81. The van der Waals surface area contributed by atoms with E-state index in [0.29, 0.717) is 5.71 Å². The van der Waals surface area contributed by atoms with E-state index in [4.69, 9.17) is 0 Å². The van der Waals surface area contributed by atoms with Crippen molar-refractivity contribution < 1.29 is 9.72 Å². The van der Waals surface area contributed by atoms with Gasteiger partial charge in [-0.1, -0.05) is 18.2 Å². The molecule has 0 aliphatic heterocycles. The highest BCUT2D eigenvalue weighted by Gasteiger charge is 2.11. The van der Waals surface area contributed by atoms with Gasteiger partial charge in [-0.2, -0.15) is 5.10 Å². The van der Waals surface area contributed by atoms with Gasteiger partial charge in [0.25, 0.3) is 11.6 Å². The van der Waals surface area contributed by atoms with E-state index in [2.05, 4.69) is 15.5 Å². The molecule has 26 heavy (non-hydrogen) atoms. The predicted molar refractivity (Wildman–Crippen MR) is 96.3 cm³/mol. The van der Waals surface area contributed by atoms with Crippen molar-refractivity contribution in [3.63, 3.8) is 0 Å². The number of hydrazone groups is 1. The topological polar surface area (TPSA) is 102 Å². The number of carbonyl (C=O) groups is 1. The number of amides is 1. The number of aromatic nitrogens is 2. The van der Waals surface area contributed by atoms with Gasteiger partial charge in [0.1, 0.15) is 0 Å². The van der Waals surface area contributed by atoms with Gasteiger partial charge in [-0.15, -0.1) is 0 Å². The van der Waals surface area contributed by atoms with Crippen molar-refractivity contribution in [3.8, 4) is 5.69 Å². The zero-order chi connectivity index (χ0) is 18.5. The van der Waals surface area contributed by atoms with Gasteiger partial charge >= 0.3 is 0 Å². The van der Waals surface area contributed by atoms with Crippen molar-refractivity contribution in [3.05, 3.63) is 88.5 Å². The quantitative estimate of drug-likeness (QED) is 0.434. The van der Waals surface area contributed by atoms with Crippen LogP contribution >= 0.6 is 0 Å². The summed E-state index contributed by atoms with van der Waals surface area (Å²) < 4.78 is 1.88. The number of hydrogen-bond acceptors (Lipinski definition) is 5. The lowest BCUT2D eigenvalue weighted by atomic mass is 10.1. The average Bonchev–Trinajstić information content (AvgIpc) is 3.21. The fraction of sp³-hybridized carbons (Fsp3) is 0.0556. The number of imidazole rings is 1. The molecule has 8 nitrogen and oxygen atoms in total. The predicted octanol–water partition coefficient (Wildman–Crippen LogP) is 2.93. The molecule has 1 N–H and O–H groups in total. The van der Waals surface area contributed by atoms with Crippen LogP contribution in [0, 0.1) is 10.1 Å². The van der Waals surface area contributed by atoms with Crippen molar-refractivity contribution in [2.75, 3.05) is 0 Å². The van der Waals surface area contributed by atoms with E-state index in [0.717, 1.165) is 11.3 Å². The number of benzene rings is 2. The van der Waals surface area contributed by atoms with Gasteiger partial charge in [0, 0.05) is 35.8 Å². The summed E-state index contributed by atoms with van der Waals surface area (Å²) in [5, 5.41) is 14.8. The molecule has 3 aromatic rings. The number of non-ortho nitro benzene ring substituents is 1. The van der Waals surface area contributed by atoms with Gasteiger partial charge in [0.15, 0.2) is 0 Å². The minimum atomic E-state index is -0.548. The number of hydrogen-bond donors (Lipinski definition) is 1. The van der Waals surface area contributed by atoms with Gasteiger partial charge in [-0.05, 0) is 30.7 Å². The first-order chi connectivity index (χ1) is 12.5. The van der Waals surface area contributed by atoms with E-state index in [-0.39, 0.29) is 11.3 Å². The molecule has 0 radical (unpaired) electrons. The van der Waals surface area contributed by atoms with Gasteiger partial charge in [0.2, 0.25) is 0 Å². The normalized spacial score (nSPS) is 11.2. The minimum Gasteiger partial charge on any atom is -0.306 e. The molecule has 8 heteroatoms. The molecule has 3 rings (SSSR count). The number of carbonyl (C=O) groups excluding carboxylic acids is 1. The van der Waals surface area contributed by atoms with E-state index in [1.165, 1.54) is 24.3 Å². The summed E-state index contributed by atoms with van der Waals surface area (Å²) in [5.41, 5.74) is 4.86. The Morgan fingerprint density at radius 1 is 1.19 bits per heavy atom. The van der Waals surface area contributed by atoms with Crippen LogP contribution in [0.2, 0.25) is 0 Å². The van der Waals surface area contributed by atoms with Gasteiger partial charge < -0.3 is 4.57 Å². The summed E-state index contributed by atoms with van der Waals surface area (Å²) >= 11 is 0. The zero-order valence-electron chi connectivity index (χ0n) is 13.9. The highest BCUT2D eigenvalue weighted by atomic mass is 16.6. The van der Waals surface area contributed by atoms with Crippen LogP contribution in [0.5, 0.6) is 0 Å². The second-order valence-electron chi connectivity index (χ2n) is 5.46. The fourth-order valence-corrected chi connectivity index (χ4v) is 2.31. The Balaban J connectivity index is 1.71. The molecule has 0 saturated carbocycles. The molecule has 1 aromatic heterocycles. The Bertz CT molecular complexity index is 963. The highest BCUT2D eigenvalue weighted by molar-refractivity contribution is 6.01. The molecule has 0 saturated heterocycles. The molecule has 0 fully saturated rings. The minimum absolute atomic E-state index is 0.145. The Morgan fingerprint density at radius 2 is 1.96 bits per heavy atom. The maximum atomic E-state index is 12.1. The van der Waals surface area contributed by atoms with E-state index in [9.17, 15) is 14.9 Å². The van der Waals surface area contributed by atoms with Gasteiger partial charge in [-0.25, -0.2) is 10.4 Å². The van der Waals surface area contributed by atoms with Crippen molar-refractivity contribution >= 4 is 17.3 Å². The van der Waals surface area contributed by atoms with Gasteiger partial charge in [-0.3, -0.25) is 14.9 Å². The van der Waals surface area contributed by atoms with Crippen LogP contribution in [0.25, 0.3) is 5.69 Å². The van der Waals surface area contributed by atoms with Crippen molar-refractivity contribution in [2.24, 2.45) is 5.10 Å². The van der Waals surface area contributed by atoms with Crippen molar-refractivity contribution in [1.82, 2.24) is 15.0 Å². The molecule has 1 amide bonds. The lowest BCUT2D eigenvalue weighted by molar-refractivity contribution is -0.384. The van der Waals surface area contributed by atoms with E-state index in [1.807, 2.05) is 35.0 Å². The zero-order valence-corrected chi connectivity index (χ0v) is 13.9. The fourth-order valence-electron chi connectivity index (χ4n) is 2.31. The van der Waals surface area contributed by atoms with Gasteiger partial charge in [0.05, 0.1) is 17.0 Å². The molecular formula is C18H15N5O3. The number of nitrogens with one attached hydrogen (secondary N) is 1. The van der Waals surface area contributed by atoms with Crippen LogP contribution in [-0.2, 0) is 0 Å². The summed E-state index contributed by atoms with van der Waals surface area (Å²) in [6.45, 7) is 1.76. The van der Waals surface area contributed by atoms with Crippen LogP contribution in [-0.4, -0.2) is 26.1 Å². The highest BCUT2D eigenvalue weighted by Crippen LogP contribution is 2.13. The molecule has 0 atom stereocenters. The molecule has 2 aromatic carbocycles.